The van der Waals surface area contributed by atoms with Crippen molar-refractivity contribution in [1.82, 2.24) is 14.3 Å². The lowest BCUT2D eigenvalue weighted by atomic mass is 9.94. The first kappa shape index (κ1) is 15.4. The van der Waals surface area contributed by atoms with Crippen molar-refractivity contribution in [3.8, 4) is 0 Å². The summed E-state index contributed by atoms with van der Waals surface area (Å²) in [6, 6.07) is 0. The SMILES string of the molecule is CCNC(=O)CNS(=O)(=O)N1C[C@H](C)C[C@@H](C)C1. The average molecular weight is 277 g/mol. The zero-order valence-electron chi connectivity index (χ0n) is 11.3. The van der Waals surface area contributed by atoms with E-state index < -0.39 is 10.2 Å². The van der Waals surface area contributed by atoms with Gasteiger partial charge in [-0.3, -0.25) is 4.79 Å². The molecule has 0 radical (unpaired) electrons. The summed E-state index contributed by atoms with van der Waals surface area (Å²) in [5.41, 5.74) is 0. The van der Waals surface area contributed by atoms with E-state index in [0.717, 1.165) is 6.42 Å². The molecule has 106 valence electrons. The summed E-state index contributed by atoms with van der Waals surface area (Å²) in [7, 11) is -3.54. The Hall–Kier alpha value is -0.660. The second-order valence-electron chi connectivity index (χ2n) is 5.04. The van der Waals surface area contributed by atoms with Crippen molar-refractivity contribution in [3.63, 3.8) is 0 Å². The second kappa shape index (κ2) is 6.49. The van der Waals surface area contributed by atoms with E-state index in [9.17, 15) is 13.2 Å². The highest BCUT2D eigenvalue weighted by Gasteiger charge is 2.30. The van der Waals surface area contributed by atoms with Crippen molar-refractivity contribution in [3.05, 3.63) is 0 Å². The van der Waals surface area contributed by atoms with E-state index in [1.54, 1.807) is 6.92 Å². The predicted molar refractivity (Wildman–Crippen MR) is 70.1 cm³/mol. The molecule has 0 aliphatic carbocycles. The standard InChI is InChI=1S/C11H23N3O3S/c1-4-12-11(15)6-13-18(16,17)14-7-9(2)5-10(3)8-14/h9-10,13H,4-8H2,1-3H3,(H,12,15)/t9-,10-/m1/s1. The number of carbonyl (C=O) groups excluding carboxylic acids is 1. The van der Waals surface area contributed by atoms with Crippen LogP contribution in [-0.4, -0.2) is 44.8 Å². The summed E-state index contributed by atoms with van der Waals surface area (Å²) in [5, 5.41) is 2.55. The Kier molecular flexibility index (Phi) is 5.55. The molecule has 2 N–H and O–H groups in total. The van der Waals surface area contributed by atoms with Crippen molar-refractivity contribution in [1.29, 1.82) is 0 Å². The van der Waals surface area contributed by atoms with Gasteiger partial charge in [0, 0.05) is 19.6 Å². The zero-order valence-corrected chi connectivity index (χ0v) is 12.1. The largest absolute Gasteiger partial charge is 0.355 e. The van der Waals surface area contributed by atoms with E-state index in [-0.39, 0.29) is 12.5 Å². The van der Waals surface area contributed by atoms with E-state index >= 15 is 0 Å². The molecule has 0 bridgehead atoms. The van der Waals surface area contributed by atoms with E-state index in [4.69, 9.17) is 0 Å². The van der Waals surface area contributed by atoms with Crippen LogP contribution >= 0.6 is 0 Å². The molecule has 0 aromatic rings. The molecule has 1 saturated heterocycles. The van der Waals surface area contributed by atoms with E-state index in [2.05, 4.69) is 10.0 Å². The topological polar surface area (TPSA) is 78.5 Å². The second-order valence-corrected chi connectivity index (χ2v) is 6.80. The van der Waals surface area contributed by atoms with Crippen molar-refractivity contribution < 1.29 is 13.2 Å². The molecule has 2 atom stereocenters. The van der Waals surface area contributed by atoms with Gasteiger partial charge < -0.3 is 5.32 Å². The zero-order chi connectivity index (χ0) is 13.8. The lowest BCUT2D eigenvalue weighted by Crippen LogP contribution is -2.49. The van der Waals surface area contributed by atoms with Gasteiger partial charge in [-0.15, -0.1) is 0 Å². The number of hydrogen-bond donors (Lipinski definition) is 2. The van der Waals surface area contributed by atoms with Gasteiger partial charge >= 0.3 is 0 Å². The van der Waals surface area contributed by atoms with Gasteiger partial charge in [0.25, 0.3) is 10.2 Å². The molecule has 6 nitrogen and oxygen atoms in total. The summed E-state index contributed by atoms with van der Waals surface area (Å²) in [6.45, 7) is 7.22. The number of hydrogen-bond acceptors (Lipinski definition) is 3. The molecule has 1 amide bonds. The summed E-state index contributed by atoms with van der Waals surface area (Å²) >= 11 is 0. The third kappa shape index (κ3) is 4.55. The van der Waals surface area contributed by atoms with Crippen molar-refractivity contribution in [2.75, 3.05) is 26.2 Å². The number of carbonyl (C=O) groups is 1. The molecule has 0 aromatic heterocycles. The van der Waals surface area contributed by atoms with Gasteiger partial charge in [-0.25, -0.2) is 0 Å². The fourth-order valence-electron chi connectivity index (χ4n) is 2.31. The minimum atomic E-state index is -3.54. The highest BCUT2D eigenvalue weighted by atomic mass is 32.2. The van der Waals surface area contributed by atoms with Crippen LogP contribution in [0.2, 0.25) is 0 Å². The maximum atomic E-state index is 12.0. The molecule has 1 aliphatic heterocycles. The third-order valence-corrected chi connectivity index (χ3v) is 4.45. The molecule has 1 rings (SSSR count). The number of likely N-dealkylation sites (N-methyl/N-ethyl adjacent to an activating group) is 1. The van der Waals surface area contributed by atoms with Crippen molar-refractivity contribution in [2.24, 2.45) is 11.8 Å². The average Bonchev–Trinajstić information content (AvgIpc) is 2.26. The van der Waals surface area contributed by atoms with Crippen LogP contribution in [0.5, 0.6) is 0 Å². The fraction of sp³-hybridized carbons (Fsp3) is 0.909. The molecule has 1 aliphatic rings. The quantitative estimate of drug-likeness (QED) is 0.738. The van der Waals surface area contributed by atoms with Crippen LogP contribution in [0, 0.1) is 11.8 Å². The first-order valence-electron chi connectivity index (χ1n) is 6.36. The monoisotopic (exact) mass is 277 g/mol. The minimum absolute atomic E-state index is 0.199. The molecular formula is C11H23N3O3S. The van der Waals surface area contributed by atoms with E-state index in [1.165, 1.54) is 4.31 Å². The van der Waals surface area contributed by atoms with Crippen LogP contribution in [-0.2, 0) is 15.0 Å². The number of nitrogens with zero attached hydrogens (tertiary/aromatic N) is 1. The van der Waals surface area contributed by atoms with Gasteiger partial charge in [-0.2, -0.15) is 17.4 Å². The summed E-state index contributed by atoms with van der Waals surface area (Å²) in [6.07, 6.45) is 1.04. The first-order chi connectivity index (χ1) is 8.35. The smallest absolute Gasteiger partial charge is 0.279 e. The van der Waals surface area contributed by atoms with Gasteiger partial charge in [0.15, 0.2) is 0 Å². The maximum absolute atomic E-state index is 12.0. The number of nitrogens with one attached hydrogen (secondary N) is 2. The van der Waals surface area contributed by atoms with E-state index in [1.807, 2.05) is 13.8 Å². The fourth-order valence-corrected chi connectivity index (χ4v) is 3.71. The molecule has 0 aromatic carbocycles. The lowest BCUT2D eigenvalue weighted by Gasteiger charge is -2.33. The molecule has 7 heteroatoms. The third-order valence-electron chi connectivity index (χ3n) is 2.96. The van der Waals surface area contributed by atoms with Gasteiger partial charge in [-0.05, 0) is 25.2 Å². The Morgan fingerprint density at radius 3 is 2.33 bits per heavy atom. The summed E-state index contributed by atoms with van der Waals surface area (Å²) in [5.74, 6) is 0.406. The van der Waals surface area contributed by atoms with Gasteiger partial charge in [0.1, 0.15) is 0 Å². The van der Waals surface area contributed by atoms with Crippen molar-refractivity contribution >= 4 is 16.1 Å². The van der Waals surface area contributed by atoms with Gasteiger partial charge in [0.05, 0.1) is 6.54 Å². The van der Waals surface area contributed by atoms with Gasteiger partial charge in [-0.1, -0.05) is 13.8 Å². The van der Waals surface area contributed by atoms with Crippen LogP contribution in [0.4, 0.5) is 0 Å². The molecule has 18 heavy (non-hydrogen) atoms. The number of piperidine rings is 1. The summed E-state index contributed by atoms with van der Waals surface area (Å²) < 4.78 is 27.8. The Labute approximate surface area is 109 Å². The Balaban J connectivity index is 2.55. The maximum Gasteiger partial charge on any atom is 0.279 e. The normalized spacial score (nSPS) is 25.9. The summed E-state index contributed by atoms with van der Waals surface area (Å²) in [4.78, 5) is 11.2. The highest BCUT2D eigenvalue weighted by Crippen LogP contribution is 2.22. The Morgan fingerprint density at radius 1 is 1.28 bits per heavy atom. The Morgan fingerprint density at radius 2 is 1.83 bits per heavy atom. The lowest BCUT2D eigenvalue weighted by molar-refractivity contribution is -0.119. The van der Waals surface area contributed by atoms with Crippen LogP contribution in [0.15, 0.2) is 0 Å². The Bertz CT molecular complexity index is 373. The molecule has 0 unspecified atom stereocenters. The molecular weight excluding hydrogens is 254 g/mol. The number of amides is 1. The van der Waals surface area contributed by atoms with Crippen molar-refractivity contribution in [2.45, 2.75) is 27.2 Å². The molecule has 1 heterocycles. The number of rotatable bonds is 5. The minimum Gasteiger partial charge on any atom is -0.355 e. The molecule has 0 saturated carbocycles. The molecule has 0 spiro atoms. The predicted octanol–water partition coefficient (Wildman–Crippen LogP) is -0.0652. The van der Waals surface area contributed by atoms with Crippen LogP contribution in [0.25, 0.3) is 0 Å². The van der Waals surface area contributed by atoms with Crippen LogP contribution in [0.1, 0.15) is 27.2 Å². The van der Waals surface area contributed by atoms with Crippen LogP contribution < -0.4 is 10.0 Å². The highest BCUT2D eigenvalue weighted by molar-refractivity contribution is 7.87. The van der Waals surface area contributed by atoms with E-state index in [0.29, 0.717) is 31.5 Å². The van der Waals surface area contributed by atoms with Gasteiger partial charge in [0.2, 0.25) is 5.91 Å². The first-order valence-corrected chi connectivity index (χ1v) is 7.80. The van der Waals surface area contributed by atoms with Crippen LogP contribution in [0.3, 0.4) is 0 Å². The molecule has 1 fully saturated rings.